The number of carbonyl (C=O) groups is 1. The fraction of sp³-hybridized carbons (Fsp3) is 0.222. The third-order valence-corrected chi connectivity index (χ3v) is 7.15. The number of sulfonamides is 1. The van der Waals surface area contributed by atoms with E-state index in [-0.39, 0.29) is 22.3 Å². The van der Waals surface area contributed by atoms with Crippen LogP contribution < -0.4 is 14.8 Å². The first-order valence-electron chi connectivity index (χ1n) is 11.5. The van der Waals surface area contributed by atoms with E-state index in [9.17, 15) is 17.6 Å². The topological polar surface area (TPSA) is 110 Å². The maximum absolute atomic E-state index is 15.5. The van der Waals surface area contributed by atoms with Gasteiger partial charge in [-0.15, -0.1) is 0 Å². The molecule has 0 bridgehead atoms. The summed E-state index contributed by atoms with van der Waals surface area (Å²) in [6.45, 7) is 6.94. The number of nitrogens with one attached hydrogen (secondary N) is 2. The van der Waals surface area contributed by atoms with Crippen LogP contribution in [0.15, 0.2) is 59.6 Å². The zero-order valence-corrected chi connectivity index (χ0v) is 22.2. The molecule has 11 heteroatoms. The van der Waals surface area contributed by atoms with Gasteiger partial charge in [0, 0.05) is 17.0 Å². The Morgan fingerprint density at radius 3 is 2.42 bits per heavy atom. The molecule has 0 atom stereocenters. The van der Waals surface area contributed by atoms with Gasteiger partial charge in [-0.05, 0) is 60.5 Å². The van der Waals surface area contributed by atoms with E-state index in [1.165, 1.54) is 49.7 Å². The Morgan fingerprint density at radius 2 is 1.76 bits per heavy atom. The van der Waals surface area contributed by atoms with Gasteiger partial charge in [-0.3, -0.25) is 14.8 Å². The van der Waals surface area contributed by atoms with E-state index in [0.717, 1.165) is 12.1 Å². The molecule has 1 amide bonds. The minimum atomic E-state index is -4.18. The third-order valence-electron chi connectivity index (χ3n) is 5.79. The number of fused-ring (bicyclic) bond motifs is 1. The van der Waals surface area contributed by atoms with Gasteiger partial charge in [0.1, 0.15) is 11.6 Å². The van der Waals surface area contributed by atoms with Crippen molar-refractivity contribution in [2.75, 3.05) is 17.1 Å². The van der Waals surface area contributed by atoms with Gasteiger partial charge in [-0.1, -0.05) is 26.8 Å². The Kier molecular flexibility index (Phi) is 7.07. The molecule has 2 N–H and O–H groups in total. The Morgan fingerprint density at radius 1 is 1.03 bits per heavy atom. The summed E-state index contributed by atoms with van der Waals surface area (Å²) in [5.41, 5.74) is -0.287. The summed E-state index contributed by atoms with van der Waals surface area (Å²) in [7, 11) is -2.71. The van der Waals surface area contributed by atoms with E-state index in [4.69, 9.17) is 4.74 Å². The molecule has 0 fully saturated rings. The summed E-state index contributed by atoms with van der Waals surface area (Å²) in [5.74, 6) is -1.61. The molecule has 0 radical (unpaired) electrons. The Bertz CT molecular complexity index is 1670. The van der Waals surface area contributed by atoms with E-state index in [1.807, 2.05) is 0 Å². The normalized spacial score (nSPS) is 11.9. The van der Waals surface area contributed by atoms with Crippen LogP contribution in [0.5, 0.6) is 5.75 Å². The van der Waals surface area contributed by atoms with Crippen LogP contribution in [0.1, 0.15) is 26.3 Å². The van der Waals surface area contributed by atoms with Gasteiger partial charge >= 0.3 is 0 Å². The van der Waals surface area contributed by atoms with Crippen molar-refractivity contribution in [3.63, 3.8) is 0 Å². The molecule has 4 rings (SSSR count). The standard InChI is InChI=1S/C27H26F2N4O4S/c1-15-12-18(7-11-22(15)37-5)38(35,36)33-21-10-8-19(28)23(24(21)29)16-6-9-20-17(13-16)14-30-26(31-20)32-25(34)27(2,3)4/h6-14,33H,1-5H3,(H,30,31,32,34). The molecule has 4 aromatic rings. The van der Waals surface area contributed by atoms with E-state index in [1.54, 1.807) is 27.7 Å². The second-order valence-corrected chi connectivity index (χ2v) is 11.4. The first kappa shape index (κ1) is 26.9. The second-order valence-electron chi connectivity index (χ2n) is 9.69. The van der Waals surface area contributed by atoms with Crippen molar-refractivity contribution in [3.8, 4) is 16.9 Å². The average Bonchev–Trinajstić information content (AvgIpc) is 2.85. The number of hydrogen-bond acceptors (Lipinski definition) is 6. The summed E-state index contributed by atoms with van der Waals surface area (Å²) < 4.78 is 63.5. The van der Waals surface area contributed by atoms with Crippen LogP contribution in [-0.4, -0.2) is 31.4 Å². The first-order chi connectivity index (χ1) is 17.8. The van der Waals surface area contributed by atoms with Crippen molar-refractivity contribution in [1.29, 1.82) is 0 Å². The molecular formula is C27H26F2N4O4S. The van der Waals surface area contributed by atoms with Crippen LogP contribution in [0.2, 0.25) is 0 Å². The van der Waals surface area contributed by atoms with Crippen LogP contribution in [0.4, 0.5) is 20.4 Å². The maximum atomic E-state index is 15.5. The number of ether oxygens (including phenoxy) is 1. The lowest BCUT2D eigenvalue weighted by molar-refractivity contribution is -0.123. The number of anilines is 2. The molecule has 0 unspecified atom stereocenters. The number of benzene rings is 3. The lowest BCUT2D eigenvalue weighted by Gasteiger charge is -2.16. The molecule has 0 aliphatic rings. The largest absolute Gasteiger partial charge is 0.496 e. The van der Waals surface area contributed by atoms with E-state index in [0.29, 0.717) is 22.2 Å². The molecule has 38 heavy (non-hydrogen) atoms. The summed E-state index contributed by atoms with van der Waals surface area (Å²) in [4.78, 5) is 20.5. The molecule has 1 aromatic heterocycles. The minimum absolute atomic E-state index is 0.0988. The quantitative estimate of drug-likeness (QED) is 0.326. The molecule has 198 valence electrons. The highest BCUT2D eigenvalue weighted by Crippen LogP contribution is 2.33. The Labute approximate surface area is 219 Å². The summed E-state index contributed by atoms with van der Waals surface area (Å²) in [6, 6.07) is 10.7. The van der Waals surface area contributed by atoms with Gasteiger partial charge in [0.05, 0.1) is 28.8 Å². The molecule has 0 spiro atoms. The lowest BCUT2D eigenvalue weighted by Crippen LogP contribution is -2.28. The highest BCUT2D eigenvalue weighted by Gasteiger charge is 2.23. The van der Waals surface area contributed by atoms with Gasteiger partial charge in [-0.2, -0.15) is 0 Å². The number of aromatic nitrogens is 2. The lowest BCUT2D eigenvalue weighted by atomic mass is 9.96. The first-order valence-corrected chi connectivity index (χ1v) is 13.0. The third kappa shape index (κ3) is 5.42. The van der Waals surface area contributed by atoms with E-state index in [2.05, 4.69) is 20.0 Å². The predicted molar refractivity (Wildman–Crippen MR) is 142 cm³/mol. The van der Waals surface area contributed by atoms with Crippen LogP contribution in [0.3, 0.4) is 0 Å². The number of rotatable bonds is 6. The molecule has 0 saturated carbocycles. The SMILES string of the molecule is COc1ccc(S(=O)(=O)Nc2ccc(F)c(-c3ccc4nc(NC(=O)C(C)(C)C)ncc4c3)c2F)cc1C. The zero-order chi connectivity index (χ0) is 27.8. The number of amides is 1. The molecule has 3 aromatic carbocycles. The molecule has 1 heterocycles. The predicted octanol–water partition coefficient (Wildman–Crippen LogP) is 5.68. The van der Waals surface area contributed by atoms with Gasteiger partial charge in [0.25, 0.3) is 10.0 Å². The Balaban J connectivity index is 1.68. The van der Waals surface area contributed by atoms with Gasteiger partial charge in [-0.25, -0.2) is 27.2 Å². The zero-order valence-electron chi connectivity index (χ0n) is 21.4. The van der Waals surface area contributed by atoms with E-state index >= 15 is 4.39 Å². The van der Waals surface area contributed by atoms with Crippen molar-refractivity contribution in [2.45, 2.75) is 32.6 Å². The fourth-order valence-corrected chi connectivity index (χ4v) is 4.80. The smallest absolute Gasteiger partial charge is 0.262 e. The highest BCUT2D eigenvalue weighted by molar-refractivity contribution is 7.92. The molecule has 8 nitrogen and oxygen atoms in total. The molecule has 0 aliphatic heterocycles. The van der Waals surface area contributed by atoms with Crippen LogP contribution in [0.25, 0.3) is 22.0 Å². The molecule has 0 saturated heterocycles. The monoisotopic (exact) mass is 540 g/mol. The van der Waals surface area contributed by atoms with Crippen LogP contribution in [0, 0.1) is 24.0 Å². The van der Waals surface area contributed by atoms with Gasteiger partial charge in [0.2, 0.25) is 11.9 Å². The summed E-state index contributed by atoms with van der Waals surface area (Å²) in [6.07, 6.45) is 1.43. The van der Waals surface area contributed by atoms with Crippen molar-refractivity contribution in [1.82, 2.24) is 9.97 Å². The average molecular weight is 541 g/mol. The van der Waals surface area contributed by atoms with Crippen molar-refractivity contribution >= 4 is 38.5 Å². The fourth-order valence-electron chi connectivity index (χ4n) is 3.66. The maximum Gasteiger partial charge on any atom is 0.262 e. The van der Waals surface area contributed by atoms with Gasteiger partial charge in [0.15, 0.2) is 5.82 Å². The number of halogens is 2. The highest BCUT2D eigenvalue weighted by atomic mass is 32.2. The van der Waals surface area contributed by atoms with E-state index < -0.39 is 38.3 Å². The van der Waals surface area contributed by atoms with Crippen molar-refractivity contribution in [2.24, 2.45) is 5.41 Å². The Hall–Kier alpha value is -4.12. The summed E-state index contributed by atoms with van der Waals surface area (Å²) >= 11 is 0. The number of carbonyl (C=O) groups excluding carboxylic acids is 1. The number of aryl methyl sites for hydroxylation is 1. The summed E-state index contributed by atoms with van der Waals surface area (Å²) in [5, 5.41) is 3.11. The van der Waals surface area contributed by atoms with Crippen LogP contribution in [-0.2, 0) is 14.8 Å². The van der Waals surface area contributed by atoms with Crippen LogP contribution >= 0.6 is 0 Å². The molecular weight excluding hydrogens is 514 g/mol. The number of methoxy groups -OCH3 is 1. The number of hydrogen-bond donors (Lipinski definition) is 2. The van der Waals surface area contributed by atoms with Gasteiger partial charge < -0.3 is 4.74 Å². The number of nitrogens with zero attached hydrogens (tertiary/aromatic N) is 2. The second kappa shape index (κ2) is 9.97. The van der Waals surface area contributed by atoms with Crippen molar-refractivity contribution in [3.05, 3.63) is 71.9 Å². The molecule has 0 aliphatic carbocycles. The minimum Gasteiger partial charge on any atom is -0.496 e. The van der Waals surface area contributed by atoms with Crippen molar-refractivity contribution < 1.29 is 26.7 Å².